The zero-order valence-electron chi connectivity index (χ0n) is 11.1. The highest BCUT2D eigenvalue weighted by Crippen LogP contribution is 2.13. The fourth-order valence-corrected chi connectivity index (χ4v) is 1.90. The van der Waals surface area contributed by atoms with Crippen molar-refractivity contribution in [2.45, 2.75) is 32.8 Å². The normalized spacial score (nSPS) is 21.1. The number of aliphatic hydroxyl groups is 1. The van der Waals surface area contributed by atoms with Crippen molar-refractivity contribution in [3.63, 3.8) is 0 Å². The molecular formula is C12H24N2O3. The molecule has 1 unspecified atom stereocenters. The Labute approximate surface area is 103 Å². The molecular weight excluding hydrogens is 220 g/mol. The second-order valence-electron chi connectivity index (χ2n) is 4.81. The highest BCUT2D eigenvalue weighted by Gasteiger charge is 2.26. The zero-order chi connectivity index (χ0) is 12.9. The number of amides is 1. The first-order valence-electron chi connectivity index (χ1n) is 6.35. The van der Waals surface area contributed by atoms with Crippen LogP contribution in [0.2, 0.25) is 0 Å². The van der Waals surface area contributed by atoms with Gasteiger partial charge in [0.05, 0.1) is 12.2 Å². The lowest BCUT2D eigenvalue weighted by atomic mass is 10.0. The predicted molar refractivity (Wildman–Crippen MR) is 65.9 cm³/mol. The summed E-state index contributed by atoms with van der Waals surface area (Å²) in [6, 6.07) is 0. The van der Waals surface area contributed by atoms with Crippen LogP contribution in [0.25, 0.3) is 0 Å². The van der Waals surface area contributed by atoms with Crippen molar-refractivity contribution in [3.05, 3.63) is 0 Å². The molecule has 0 saturated carbocycles. The topological polar surface area (TPSA) is 53.0 Å². The van der Waals surface area contributed by atoms with Crippen molar-refractivity contribution in [2.24, 2.45) is 0 Å². The third-order valence-electron chi connectivity index (χ3n) is 3.22. The maximum absolute atomic E-state index is 11.5. The molecule has 1 N–H and O–H groups in total. The van der Waals surface area contributed by atoms with Gasteiger partial charge in [-0.2, -0.15) is 0 Å². The van der Waals surface area contributed by atoms with Crippen LogP contribution < -0.4 is 0 Å². The number of piperazine rings is 1. The molecule has 1 aliphatic heterocycles. The van der Waals surface area contributed by atoms with Crippen LogP contribution in [0.4, 0.5) is 4.79 Å². The molecule has 0 aromatic heterocycles. The summed E-state index contributed by atoms with van der Waals surface area (Å²) in [7, 11) is 0. The van der Waals surface area contributed by atoms with Gasteiger partial charge in [0, 0.05) is 32.7 Å². The zero-order valence-corrected chi connectivity index (χ0v) is 11.1. The van der Waals surface area contributed by atoms with E-state index in [1.807, 2.05) is 20.8 Å². The van der Waals surface area contributed by atoms with Gasteiger partial charge in [-0.1, -0.05) is 6.92 Å². The summed E-state index contributed by atoms with van der Waals surface area (Å²) in [5.74, 6) is 0. The van der Waals surface area contributed by atoms with Gasteiger partial charge in [-0.3, -0.25) is 4.90 Å². The van der Waals surface area contributed by atoms with E-state index < -0.39 is 5.60 Å². The van der Waals surface area contributed by atoms with Crippen molar-refractivity contribution in [2.75, 3.05) is 39.3 Å². The summed E-state index contributed by atoms with van der Waals surface area (Å²) in [5.41, 5.74) is -0.633. The summed E-state index contributed by atoms with van der Waals surface area (Å²) in [6.07, 6.45) is 0.514. The van der Waals surface area contributed by atoms with E-state index in [9.17, 15) is 9.90 Å². The highest BCUT2D eigenvalue weighted by molar-refractivity contribution is 5.67. The second kappa shape index (κ2) is 6.21. The monoisotopic (exact) mass is 244 g/mol. The van der Waals surface area contributed by atoms with Crippen LogP contribution in [-0.4, -0.2) is 65.9 Å². The molecule has 17 heavy (non-hydrogen) atoms. The lowest BCUT2D eigenvalue weighted by molar-refractivity contribution is 0.00125. The maximum atomic E-state index is 11.5. The molecule has 1 fully saturated rings. The summed E-state index contributed by atoms with van der Waals surface area (Å²) in [4.78, 5) is 15.4. The van der Waals surface area contributed by atoms with E-state index >= 15 is 0 Å². The van der Waals surface area contributed by atoms with Gasteiger partial charge in [-0.25, -0.2) is 4.79 Å². The number of carbonyl (C=O) groups excluding carboxylic acids is 1. The number of ether oxygens (including phenoxy) is 1. The Bertz CT molecular complexity index is 248. The van der Waals surface area contributed by atoms with Crippen LogP contribution >= 0.6 is 0 Å². The minimum atomic E-state index is -0.633. The molecule has 0 aliphatic carbocycles. The average molecular weight is 244 g/mol. The summed E-state index contributed by atoms with van der Waals surface area (Å²) >= 11 is 0. The number of nitrogens with zero attached hydrogens (tertiary/aromatic N) is 2. The van der Waals surface area contributed by atoms with E-state index in [2.05, 4.69) is 4.90 Å². The van der Waals surface area contributed by atoms with E-state index in [-0.39, 0.29) is 6.09 Å². The summed E-state index contributed by atoms with van der Waals surface area (Å²) in [5, 5.41) is 9.99. The van der Waals surface area contributed by atoms with Crippen LogP contribution in [0.1, 0.15) is 27.2 Å². The summed E-state index contributed by atoms with van der Waals surface area (Å²) < 4.78 is 4.96. The largest absolute Gasteiger partial charge is 0.450 e. The lowest BCUT2D eigenvalue weighted by Crippen LogP contribution is -2.52. The predicted octanol–water partition coefficient (Wildman–Crippen LogP) is 0.921. The molecule has 0 radical (unpaired) electrons. The molecule has 1 amide bonds. The van der Waals surface area contributed by atoms with Gasteiger partial charge in [0.25, 0.3) is 0 Å². The minimum Gasteiger partial charge on any atom is -0.450 e. The fourth-order valence-electron chi connectivity index (χ4n) is 1.90. The molecule has 100 valence electrons. The standard InChI is InChI=1S/C12H24N2O3/c1-4-12(3,16)10-13-6-8-14(9-7-13)11(15)17-5-2/h16H,4-10H2,1-3H3. The first-order chi connectivity index (χ1) is 7.98. The minimum absolute atomic E-state index is 0.227. The number of hydrogen-bond acceptors (Lipinski definition) is 4. The molecule has 1 saturated heterocycles. The van der Waals surface area contributed by atoms with Gasteiger partial charge in [0.2, 0.25) is 0 Å². The molecule has 1 atom stereocenters. The van der Waals surface area contributed by atoms with Crippen LogP contribution in [0, 0.1) is 0 Å². The molecule has 1 heterocycles. The van der Waals surface area contributed by atoms with Gasteiger partial charge in [-0.05, 0) is 20.3 Å². The molecule has 5 nitrogen and oxygen atoms in total. The van der Waals surface area contributed by atoms with Crippen molar-refractivity contribution >= 4 is 6.09 Å². The first kappa shape index (κ1) is 14.3. The Hall–Kier alpha value is -0.810. The van der Waals surface area contributed by atoms with E-state index in [0.29, 0.717) is 26.2 Å². The first-order valence-corrected chi connectivity index (χ1v) is 6.35. The summed E-state index contributed by atoms with van der Waals surface area (Å²) in [6.45, 7) is 9.69. The molecule has 0 aromatic rings. The molecule has 0 spiro atoms. The molecule has 1 aliphatic rings. The van der Waals surface area contributed by atoms with E-state index in [4.69, 9.17) is 4.74 Å². The molecule has 5 heteroatoms. The van der Waals surface area contributed by atoms with Crippen molar-refractivity contribution in [3.8, 4) is 0 Å². The van der Waals surface area contributed by atoms with E-state index in [0.717, 1.165) is 19.5 Å². The smallest absolute Gasteiger partial charge is 0.409 e. The van der Waals surface area contributed by atoms with Crippen LogP contribution in [0.3, 0.4) is 0 Å². The average Bonchev–Trinajstić information content (AvgIpc) is 2.30. The second-order valence-corrected chi connectivity index (χ2v) is 4.81. The third kappa shape index (κ3) is 4.52. The number of hydrogen-bond donors (Lipinski definition) is 1. The Balaban J connectivity index is 2.33. The van der Waals surface area contributed by atoms with Gasteiger partial charge in [0.15, 0.2) is 0 Å². The van der Waals surface area contributed by atoms with Gasteiger partial charge >= 0.3 is 6.09 Å². The Morgan fingerprint density at radius 2 is 1.88 bits per heavy atom. The van der Waals surface area contributed by atoms with E-state index in [1.54, 1.807) is 4.90 Å². The van der Waals surface area contributed by atoms with Gasteiger partial charge in [-0.15, -0.1) is 0 Å². The van der Waals surface area contributed by atoms with Crippen LogP contribution in [-0.2, 0) is 4.74 Å². The fraction of sp³-hybridized carbons (Fsp3) is 0.917. The number of rotatable bonds is 4. The Morgan fingerprint density at radius 1 is 1.29 bits per heavy atom. The highest BCUT2D eigenvalue weighted by atomic mass is 16.6. The third-order valence-corrected chi connectivity index (χ3v) is 3.22. The Morgan fingerprint density at radius 3 is 2.35 bits per heavy atom. The van der Waals surface area contributed by atoms with Crippen molar-refractivity contribution in [1.29, 1.82) is 0 Å². The Kier molecular flexibility index (Phi) is 5.21. The van der Waals surface area contributed by atoms with Gasteiger partial charge < -0.3 is 14.7 Å². The maximum Gasteiger partial charge on any atom is 0.409 e. The molecule has 0 aromatic carbocycles. The lowest BCUT2D eigenvalue weighted by Gasteiger charge is -2.37. The molecule has 0 bridgehead atoms. The van der Waals surface area contributed by atoms with Crippen molar-refractivity contribution < 1.29 is 14.6 Å². The number of carbonyl (C=O) groups is 1. The van der Waals surface area contributed by atoms with Gasteiger partial charge in [0.1, 0.15) is 0 Å². The van der Waals surface area contributed by atoms with E-state index in [1.165, 1.54) is 0 Å². The van der Waals surface area contributed by atoms with Crippen molar-refractivity contribution in [1.82, 2.24) is 9.80 Å². The SMILES string of the molecule is CCOC(=O)N1CCN(CC(C)(O)CC)CC1. The van der Waals surface area contributed by atoms with Crippen LogP contribution in [0.15, 0.2) is 0 Å². The molecule has 1 rings (SSSR count). The van der Waals surface area contributed by atoms with Crippen LogP contribution in [0.5, 0.6) is 0 Å². The number of β-amino-alcohol motifs (C(OH)–C–C–N with tert-alkyl or cyclic N) is 1. The quantitative estimate of drug-likeness (QED) is 0.799.